The van der Waals surface area contributed by atoms with Gasteiger partial charge in [-0.3, -0.25) is 14.0 Å². The summed E-state index contributed by atoms with van der Waals surface area (Å²) >= 11 is 0. The number of aromatic hydroxyl groups is 2. The van der Waals surface area contributed by atoms with Gasteiger partial charge < -0.3 is 35.1 Å². The Hall–Kier alpha value is -2.39. The van der Waals surface area contributed by atoms with E-state index < -0.39 is 39.6 Å². The molecule has 11 nitrogen and oxygen atoms in total. The Bertz CT molecular complexity index is 1110. The topological polar surface area (TPSA) is 188 Å². The number of carbonyl (C=O) groups excluding carboxylic acids is 1. The molecule has 0 saturated heterocycles. The van der Waals surface area contributed by atoms with Crippen LogP contribution in [0.2, 0.25) is 0 Å². The van der Waals surface area contributed by atoms with Gasteiger partial charge in [0.1, 0.15) is 11.5 Å². The maximum Gasteiger partial charge on any atom is 0.340 e. The predicted octanol–water partition coefficient (Wildman–Crippen LogP) is 4.00. The van der Waals surface area contributed by atoms with Crippen LogP contribution in [0.15, 0.2) is 42.5 Å². The molecule has 0 radical (unpaired) electrons. The van der Waals surface area contributed by atoms with Crippen molar-refractivity contribution in [2.45, 2.75) is 50.3 Å². The zero-order valence-corrected chi connectivity index (χ0v) is 22.1. The summed E-state index contributed by atoms with van der Waals surface area (Å²) in [5.74, 6) is -0.115. The van der Waals surface area contributed by atoms with Crippen LogP contribution in [0.5, 0.6) is 11.5 Å². The van der Waals surface area contributed by atoms with Crippen LogP contribution in [-0.4, -0.2) is 54.8 Å². The molecule has 0 fully saturated rings. The van der Waals surface area contributed by atoms with Crippen LogP contribution < -0.4 is 10.2 Å². The predicted molar refractivity (Wildman–Crippen MR) is 137 cm³/mol. The van der Waals surface area contributed by atoms with Crippen LogP contribution in [0.1, 0.15) is 56.1 Å². The van der Waals surface area contributed by atoms with Gasteiger partial charge in [-0.05, 0) is 66.5 Å². The summed E-state index contributed by atoms with van der Waals surface area (Å²) in [4.78, 5) is 51.4. The number of phenolic OH excluding ortho intramolecular Hbond substituents is 2. The van der Waals surface area contributed by atoms with E-state index in [-0.39, 0.29) is 29.0 Å². The molecular weight excluding hydrogens is 510 g/mol. The van der Waals surface area contributed by atoms with E-state index in [0.717, 1.165) is 22.4 Å². The summed E-state index contributed by atoms with van der Waals surface area (Å²) < 4.78 is 23.4. The third-order valence-electron chi connectivity index (χ3n) is 6.25. The van der Waals surface area contributed by atoms with E-state index in [1.54, 1.807) is 24.3 Å². The summed E-state index contributed by atoms with van der Waals surface area (Å²) in [6.07, 6.45) is 0.779. The van der Waals surface area contributed by atoms with E-state index in [2.05, 4.69) is 5.32 Å². The van der Waals surface area contributed by atoms with Gasteiger partial charge >= 0.3 is 21.2 Å². The molecular formula is C23H34N2O9P2. The first-order valence-corrected chi connectivity index (χ1v) is 14.8. The number of nitrogens with zero attached hydrogens (tertiary/aromatic N) is 1. The molecule has 0 heterocycles. The normalized spacial score (nSPS) is 13.9. The Kier molecular flexibility index (Phi) is 10.1. The summed E-state index contributed by atoms with van der Waals surface area (Å²) in [7, 11) is -9.04. The molecule has 2 unspecified atom stereocenters. The van der Waals surface area contributed by atoms with Crippen molar-refractivity contribution in [2.75, 3.05) is 18.5 Å². The number of benzene rings is 2. The molecule has 2 atom stereocenters. The van der Waals surface area contributed by atoms with E-state index in [1.807, 2.05) is 26.0 Å². The summed E-state index contributed by atoms with van der Waals surface area (Å²) in [6, 6.07) is 10.9. The molecule has 200 valence electrons. The lowest BCUT2D eigenvalue weighted by Gasteiger charge is -2.29. The Balaban J connectivity index is 2.49. The third kappa shape index (κ3) is 7.32. The quantitative estimate of drug-likeness (QED) is 0.205. The summed E-state index contributed by atoms with van der Waals surface area (Å²) in [5.41, 5.74) is 1.84. The highest BCUT2D eigenvalue weighted by Gasteiger charge is 2.43. The second-order valence-corrected chi connectivity index (χ2v) is 12.5. The molecule has 0 aliphatic rings. The van der Waals surface area contributed by atoms with Gasteiger partial charge in [-0.2, -0.15) is 0 Å². The van der Waals surface area contributed by atoms with Gasteiger partial charge in [0, 0.05) is 13.6 Å². The minimum absolute atomic E-state index is 0.0385. The average Bonchev–Trinajstić information content (AvgIpc) is 2.79. The number of nitrogens with one attached hydrogen (secondary N) is 1. The average molecular weight is 544 g/mol. The van der Waals surface area contributed by atoms with Crippen molar-refractivity contribution in [1.29, 1.82) is 0 Å². The Labute approximate surface area is 210 Å². The van der Waals surface area contributed by atoms with E-state index in [0.29, 0.717) is 6.42 Å². The molecule has 2 aromatic carbocycles. The second-order valence-electron chi connectivity index (χ2n) is 8.52. The van der Waals surface area contributed by atoms with Crippen molar-refractivity contribution < 1.29 is 43.7 Å². The first-order valence-electron chi connectivity index (χ1n) is 11.5. The van der Waals surface area contributed by atoms with Crippen molar-refractivity contribution in [3.63, 3.8) is 0 Å². The maximum absolute atomic E-state index is 12.7. The van der Waals surface area contributed by atoms with Gasteiger partial charge in [-0.15, -0.1) is 0 Å². The van der Waals surface area contributed by atoms with Crippen molar-refractivity contribution >= 4 is 26.9 Å². The minimum Gasteiger partial charge on any atom is -0.508 e. The standard InChI is InChI=1S/C23H34N2O9P2/c1-4-18(15-6-9-17(26)10-7-15)19(5-2)16-8-11-21(27)20(14-16)25(23(28)24-3)13-12-22(35(29,30)31)36(32,33)34/h6-11,14,18-19,22,26-27H,4-5,12-13H2,1-3H3,(H,24,28)(H2,29,30,31)(H2,32,33,34). The molecule has 0 spiro atoms. The van der Waals surface area contributed by atoms with Crippen molar-refractivity contribution in [2.24, 2.45) is 0 Å². The molecule has 36 heavy (non-hydrogen) atoms. The fourth-order valence-corrected chi connectivity index (χ4v) is 6.93. The molecule has 0 aliphatic carbocycles. The molecule has 0 aliphatic heterocycles. The second kappa shape index (κ2) is 12.2. The number of phenols is 2. The number of hydrogen-bond acceptors (Lipinski definition) is 5. The smallest absolute Gasteiger partial charge is 0.340 e. The fourth-order valence-electron chi connectivity index (χ4n) is 4.46. The molecule has 0 aromatic heterocycles. The van der Waals surface area contributed by atoms with Crippen molar-refractivity contribution in [3.8, 4) is 11.5 Å². The van der Waals surface area contributed by atoms with E-state index in [9.17, 15) is 43.7 Å². The first kappa shape index (κ1) is 29.8. The number of carbonyl (C=O) groups is 1. The van der Waals surface area contributed by atoms with Crippen LogP contribution in [0.25, 0.3) is 0 Å². The fraction of sp³-hybridized carbons (Fsp3) is 0.435. The Morgan fingerprint density at radius 2 is 1.39 bits per heavy atom. The van der Waals surface area contributed by atoms with Gasteiger partial charge in [-0.25, -0.2) is 4.79 Å². The lowest BCUT2D eigenvalue weighted by atomic mass is 9.78. The van der Waals surface area contributed by atoms with Gasteiger partial charge in [-0.1, -0.05) is 32.0 Å². The van der Waals surface area contributed by atoms with Gasteiger partial charge in [0.2, 0.25) is 0 Å². The highest BCUT2D eigenvalue weighted by Crippen LogP contribution is 2.61. The van der Waals surface area contributed by atoms with Gasteiger partial charge in [0.15, 0.2) is 5.40 Å². The first-order chi connectivity index (χ1) is 16.7. The van der Waals surface area contributed by atoms with E-state index >= 15 is 0 Å². The third-order valence-corrected chi connectivity index (χ3v) is 10.1. The highest BCUT2D eigenvalue weighted by atomic mass is 31.2. The van der Waals surface area contributed by atoms with E-state index in [4.69, 9.17) is 0 Å². The largest absolute Gasteiger partial charge is 0.508 e. The number of rotatable bonds is 11. The molecule has 2 amide bonds. The van der Waals surface area contributed by atoms with Crippen molar-refractivity contribution in [1.82, 2.24) is 5.32 Å². The Morgan fingerprint density at radius 1 is 0.889 bits per heavy atom. The monoisotopic (exact) mass is 544 g/mol. The lowest BCUT2D eigenvalue weighted by molar-refractivity contribution is 0.247. The molecule has 13 heteroatoms. The number of anilines is 1. The SMILES string of the molecule is CCC(c1ccc(O)cc1)C(CC)c1ccc(O)c(N(CCC(P(=O)(O)O)P(=O)(O)O)C(=O)NC)c1. The summed E-state index contributed by atoms with van der Waals surface area (Å²) in [5, 5.41) is 20.3. The van der Waals surface area contributed by atoms with Crippen LogP contribution in [-0.2, 0) is 9.13 Å². The number of urea groups is 1. The highest BCUT2D eigenvalue weighted by molar-refractivity contribution is 7.70. The lowest BCUT2D eigenvalue weighted by Crippen LogP contribution is -2.40. The van der Waals surface area contributed by atoms with Crippen LogP contribution in [0, 0.1) is 0 Å². The maximum atomic E-state index is 12.7. The van der Waals surface area contributed by atoms with Crippen molar-refractivity contribution in [3.05, 3.63) is 53.6 Å². The van der Waals surface area contributed by atoms with Crippen LogP contribution in [0.4, 0.5) is 10.5 Å². The van der Waals surface area contributed by atoms with Gasteiger partial charge in [0.05, 0.1) is 5.69 Å². The van der Waals surface area contributed by atoms with Gasteiger partial charge in [0.25, 0.3) is 0 Å². The molecule has 0 bridgehead atoms. The number of amides is 2. The molecule has 0 saturated carbocycles. The summed E-state index contributed by atoms with van der Waals surface area (Å²) in [6.45, 7) is 3.56. The Morgan fingerprint density at radius 3 is 1.86 bits per heavy atom. The minimum atomic E-state index is -5.18. The molecule has 7 N–H and O–H groups in total. The molecule has 2 aromatic rings. The van der Waals surface area contributed by atoms with Crippen LogP contribution in [0.3, 0.4) is 0 Å². The zero-order chi connectivity index (χ0) is 27.3. The zero-order valence-electron chi connectivity index (χ0n) is 20.4. The molecule has 2 rings (SSSR count). The van der Waals surface area contributed by atoms with E-state index in [1.165, 1.54) is 13.1 Å². The van der Waals surface area contributed by atoms with Crippen LogP contribution >= 0.6 is 15.2 Å². The number of hydrogen-bond donors (Lipinski definition) is 7.